The molecule has 1 aliphatic carbocycles. The van der Waals surface area contributed by atoms with Gasteiger partial charge in [0.15, 0.2) is 11.5 Å². The molecule has 0 aromatic carbocycles. The number of aliphatic imine (C=N–C) groups is 1. The maximum atomic E-state index is 15.0. The van der Waals surface area contributed by atoms with Crippen molar-refractivity contribution >= 4 is 44.7 Å². The third-order valence-corrected chi connectivity index (χ3v) is 7.49. The summed E-state index contributed by atoms with van der Waals surface area (Å²) < 4.78 is 41.7. The van der Waals surface area contributed by atoms with Gasteiger partial charge in [0.05, 0.1) is 41.4 Å². The first-order valence-electron chi connectivity index (χ1n) is 10.7. The van der Waals surface area contributed by atoms with Gasteiger partial charge in [0, 0.05) is 25.6 Å². The molecule has 3 heterocycles. The van der Waals surface area contributed by atoms with Crippen LogP contribution in [0.5, 0.6) is 0 Å². The Bertz CT molecular complexity index is 1210. The summed E-state index contributed by atoms with van der Waals surface area (Å²) in [5.74, 6) is 0.571. The van der Waals surface area contributed by atoms with Crippen LogP contribution in [0.3, 0.4) is 0 Å². The van der Waals surface area contributed by atoms with Gasteiger partial charge in [-0.3, -0.25) is 0 Å². The molecule has 178 valence electrons. The van der Waals surface area contributed by atoms with E-state index >= 15 is 0 Å². The summed E-state index contributed by atoms with van der Waals surface area (Å²) in [7, 11) is -3.38. The lowest BCUT2D eigenvalue weighted by Crippen LogP contribution is -2.51. The van der Waals surface area contributed by atoms with E-state index in [0.717, 1.165) is 17.8 Å². The van der Waals surface area contributed by atoms with E-state index in [9.17, 15) is 17.9 Å². The molecular formula is C21H27ClFN6O3S+. The highest BCUT2D eigenvalue weighted by Crippen LogP contribution is 2.32. The largest absolute Gasteiger partial charge is 0.390 e. The fourth-order valence-corrected chi connectivity index (χ4v) is 5.46. The SMILES string of the molecule is CC1=NC2C(F)=CC(c3nc(N[C@@H]4CCN(S(C)(=O)=O)C[C@H]4O)ncc3Cl)=CC2=[N+]1C(C)C. The first-order chi connectivity index (χ1) is 15.5. The number of fused-ring (bicyclic) bond motifs is 1. The zero-order valence-electron chi connectivity index (χ0n) is 18.8. The summed E-state index contributed by atoms with van der Waals surface area (Å²) in [6.45, 7) is 6.14. The molecule has 1 aromatic rings. The number of anilines is 1. The van der Waals surface area contributed by atoms with Gasteiger partial charge in [-0.1, -0.05) is 16.6 Å². The summed E-state index contributed by atoms with van der Waals surface area (Å²) in [4.78, 5) is 13.1. The van der Waals surface area contributed by atoms with Gasteiger partial charge in [0.2, 0.25) is 16.0 Å². The number of aliphatic hydroxyl groups is 1. The van der Waals surface area contributed by atoms with Gasteiger partial charge in [-0.25, -0.2) is 27.4 Å². The Kier molecular flexibility index (Phi) is 6.43. The Morgan fingerprint density at radius 3 is 2.73 bits per heavy atom. The zero-order chi connectivity index (χ0) is 24.1. The molecule has 0 bridgehead atoms. The number of β-amino-alcohol motifs (C(OH)–C–C–N with tert-alkyl or cyclic N) is 1. The molecule has 3 aliphatic rings. The molecule has 12 heteroatoms. The van der Waals surface area contributed by atoms with Crippen LogP contribution in [0.4, 0.5) is 10.3 Å². The molecule has 0 radical (unpaired) electrons. The second-order valence-corrected chi connectivity index (χ2v) is 11.1. The number of allylic oxidation sites excluding steroid dienone is 2. The number of aromatic nitrogens is 2. The number of hydrogen-bond acceptors (Lipinski definition) is 7. The monoisotopic (exact) mass is 497 g/mol. The maximum Gasteiger partial charge on any atom is 0.291 e. The molecule has 0 saturated carbocycles. The Morgan fingerprint density at radius 1 is 1.36 bits per heavy atom. The molecule has 2 N–H and O–H groups in total. The molecule has 1 aromatic heterocycles. The van der Waals surface area contributed by atoms with Crippen LogP contribution in [0, 0.1) is 0 Å². The van der Waals surface area contributed by atoms with Gasteiger partial charge in [-0.2, -0.15) is 4.31 Å². The van der Waals surface area contributed by atoms with Gasteiger partial charge in [-0.05, 0) is 32.4 Å². The second kappa shape index (κ2) is 8.86. The smallest absolute Gasteiger partial charge is 0.291 e. The number of hydrogen-bond donors (Lipinski definition) is 2. The topological polar surface area (TPSA) is 111 Å². The average Bonchev–Trinajstić information content (AvgIpc) is 3.06. The van der Waals surface area contributed by atoms with Crippen molar-refractivity contribution in [3.63, 3.8) is 0 Å². The Labute approximate surface area is 197 Å². The molecule has 9 nitrogen and oxygen atoms in total. The Morgan fingerprint density at radius 2 is 2.09 bits per heavy atom. The predicted molar refractivity (Wildman–Crippen MR) is 126 cm³/mol. The van der Waals surface area contributed by atoms with Crippen LogP contribution in [0.2, 0.25) is 5.02 Å². The summed E-state index contributed by atoms with van der Waals surface area (Å²) >= 11 is 6.37. The van der Waals surface area contributed by atoms with Gasteiger partial charge in [-0.15, -0.1) is 0 Å². The fourth-order valence-electron chi connectivity index (χ4n) is 4.40. The van der Waals surface area contributed by atoms with E-state index in [2.05, 4.69) is 20.3 Å². The van der Waals surface area contributed by atoms with E-state index in [0.29, 0.717) is 17.7 Å². The predicted octanol–water partition coefficient (Wildman–Crippen LogP) is 1.85. The highest BCUT2D eigenvalue weighted by atomic mass is 35.5. The van der Waals surface area contributed by atoms with Crippen LogP contribution in [-0.2, 0) is 10.0 Å². The van der Waals surface area contributed by atoms with E-state index in [-0.39, 0.29) is 30.1 Å². The lowest BCUT2D eigenvalue weighted by Gasteiger charge is -2.34. The van der Waals surface area contributed by atoms with E-state index < -0.39 is 34.0 Å². The minimum absolute atomic E-state index is 0.0137. The minimum atomic E-state index is -3.38. The van der Waals surface area contributed by atoms with E-state index in [1.165, 1.54) is 16.6 Å². The maximum absolute atomic E-state index is 15.0. The van der Waals surface area contributed by atoms with Gasteiger partial charge in [0.25, 0.3) is 11.9 Å². The van der Waals surface area contributed by atoms with Crippen LogP contribution in [0.1, 0.15) is 32.9 Å². The number of halogens is 2. The highest BCUT2D eigenvalue weighted by molar-refractivity contribution is 7.88. The Hall–Kier alpha value is -2.21. The number of nitrogens with zero attached hydrogens (tertiary/aromatic N) is 5. The molecule has 4 rings (SSSR count). The van der Waals surface area contributed by atoms with E-state index in [1.54, 1.807) is 0 Å². The van der Waals surface area contributed by atoms with Crippen LogP contribution in [-0.4, -0.2) is 87.5 Å². The normalized spacial score (nSPS) is 26.2. The summed E-state index contributed by atoms with van der Waals surface area (Å²) in [6.07, 6.45) is 5.21. The molecule has 0 spiro atoms. The van der Waals surface area contributed by atoms with E-state index in [4.69, 9.17) is 11.6 Å². The lowest BCUT2D eigenvalue weighted by molar-refractivity contribution is -0.442. The van der Waals surface area contributed by atoms with Crippen molar-refractivity contribution in [2.45, 2.75) is 51.4 Å². The zero-order valence-corrected chi connectivity index (χ0v) is 20.4. The molecule has 1 saturated heterocycles. The number of rotatable bonds is 5. The molecule has 0 amide bonds. The third-order valence-electron chi connectivity index (χ3n) is 5.94. The standard InChI is InChI=1S/C21H27ClFN6O3S/c1-11(2)29-12(3)25-20-15(23)7-13(8-17(20)29)19-14(22)9-24-21(27-19)26-16-5-6-28(10-18(16)30)33(4,31)32/h7-9,11,16,18,20,30H,5-6,10H2,1-4H3,(H,24,26,27)/q+1/t16-,18-,20?/m1/s1. The van der Waals surface area contributed by atoms with Crippen molar-refractivity contribution in [2.75, 3.05) is 24.7 Å². The fraction of sp³-hybridized carbons (Fsp3) is 0.524. The Balaban J connectivity index is 1.61. The van der Waals surface area contributed by atoms with Crippen LogP contribution < -0.4 is 5.32 Å². The van der Waals surface area contributed by atoms with E-state index in [1.807, 2.05) is 31.4 Å². The van der Waals surface area contributed by atoms with Crippen molar-refractivity contribution < 1.29 is 22.5 Å². The van der Waals surface area contributed by atoms with Crippen molar-refractivity contribution in [1.82, 2.24) is 14.3 Å². The lowest BCUT2D eigenvalue weighted by atomic mass is 9.97. The average molecular weight is 498 g/mol. The first kappa shape index (κ1) is 23.9. The first-order valence-corrected chi connectivity index (χ1v) is 12.9. The second-order valence-electron chi connectivity index (χ2n) is 8.71. The molecule has 33 heavy (non-hydrogen) atoms. The highest BCUT2D eigenvalue weighted by Gasteiger charge is 2.41. The van der Waals surface area contributed by atoms with Crippen molar-refractivity contribution in [3.05, 3.63) is 34.9 Å². The van der Waals surface area contributed by atoms with Gasteiger partial charge >= 0.3 is 0 Å². The number of nitrogens with one attached hydrogen (secondary N) is 1. The molecular weight excluding hydrogens is 471 g/mol. The summed E-state index contributed by atoms with van der Waals surface area (Å²) in [6, 6.07) is -0.996. The van der Waals surface area contributed by atoms with Gasteiger partial charge in [0.1, 0.15) is 0 Å². The minimum Gasteiger partial charge on any atom is -0.390 e. The number of aliphatic hydroxyl groups excluding tert-OH is 1. The van der Waals surface area contributed by atoms with Crippen LogP contribution in [0.15, 0.2) is 29.2 Å². The quantitative estimate of drug-likeness (QED) is 0.601. The number of sulfonamides is 1. The number of amidine groups is 1. The molecule has 1 unspecified atom stereocenters. The molecule has 1 fully saturated rings. The third kappa shape index (κ3) is 4.72. The van der Waals surface area contributed by atoms with Crippen LogP contribution in [0.25, 0.3) is 5.57 Å². The van der Waals surface area contributed by atoms with Crippen molar-refractivity contribution in [1.29, 1.82) is 0 Å². The number of piperidine rings is 1. The molecule has 2 aliphatic heterocycles. The van der Waals surface area contributed by atoms with Gasteiger partial charge < -0.3 is 10.4 Å². The summed E-state index contributed by atoms with van der Waals surface area (Å²) in [5, 5.41) is 13.8. The van der Waals surface area contributed by atoms with Crippen molar-refractivity contribution in [2.24, 2.45) is 4.99 Å². The molecule has 3 atom stereocenters. The van der Waals surface area contributed by atoms with Crippen molar-refractivity contribution in [3.8, 4) is 0 Å². The van der Waals surface area contributed by atoms with Crippen LogP contribution >= 0.6 is 11.6 Å². The summed E-state index contributed by atoms with van der Waals surface area (Å²) in [5.41, 5.74) is 1.58.